The van der Waals surface area contributed by atoms with E-state index >= 15 is 0 Å². The largest absolute Gasteiger partial charge is 0.496 e. The fourth-order valence-electron chi connectivity index (χ4n) is 2.79. The molecule has 28 heavy (non-hydrogen) atoms. The SMILES string of the molecule is COc1cc(Cl)ccc1-c1ncc(F)c2cc(S(=O)Nc3nccs3)ccc12. The minimum Gasteiger partial charge on any atom is -0.496 e. The summed E-state index contributed by atoms with van der Waals surface area (Å²) in [6.45, 7) is 0. The fourth-order valence-corrected chi connectivity index (χ4v) is 4.49. The van der Waals surface area contributed by atoms with Crippen molar-refractivity contribution in [2.75, 3.05) is 11.8 Å². The molecule has 4 rings (SSSR count). The number of halogens is 2. The summed E-state index contributed by atoms with van der Waals surface area (Å²) < 4.78 is 35.3. The number of nitrogens with one attached hydrogen (secondary N) is 1. The zero-order valence-corrected chi connectivity index (χ0v) is 16.9. The van der Waals surface area contributed by atoms with Gasteiger partial charge in [0.2, 0.25) is 0 Å². The van der Waals surface area contributed by atoms with Gasteiger partial charge in [-0.2, -0.15) is 0 Å². The van der Waals surface area contributed by atoms with E-state index in [9.17, 15) is 8.60 Å². The number of benzene rings is 2. The molecule has 1 atom stereocenters. The topological polar surface area (TPSA) is 64.1 Å². The van der Waals surface area contributed by atoms with Crippen molar-refractivity contribution in [2.45, 2.75) is 4.90 Å². The van der Waals surface area contributed by atoms with Gasteiger partial charge in [0.05, 0.1) is 23.9 Å². The highest BCUT2D eigenvalue weighted by molar-refractivity contribution is 7.86. The lowest BCUT2D eigenvalue weighted by molar-refractivity contribution is 0.416. The van der Waals surface area contributed by atoms with E-state index in [1.807, 2.05) is 0 Å². The van der Waals surface area contributed by atoms with Gasteiger partial charge < -0.3 is 4.74 Å². The van der Waals surface area contributed by atoms with Crippen LogP contribution in [-0.4, -0.2) is 21.3 Å². The van der Waals surface area contributed by atoms with Crippen molar-refractivity contribution in [2.24, 2.45) is 0 Å². The number of thiazole rings is 1. The number of nitrogens with zero attached hydrogens (tertiary/aromatic N) is 2. The molecular formula is C19H13ClFN3O2S2. The number of hydrogen-bond acceptors (Lipinski definition) is 5. The zero-order valence-electron chi connectivity index (χ0n) is 14.5. The monoisotopic (exact) mass is 433 g/mol. The Morgan fingerprint density at radius 1 is 1.18 bits per heavy atom. The average Bonchev–Trinajstić information content (AvgIpc) is 3.21. The van der Waals surface area contributed by atoms with Gasteiger partial charge in [-0.25, -0.2) is 13.6 Å². The van der Waals surface area contributed by atoms with Crippen molar-refractivity contribution in [1.29, 1.82) is 0 Å². The van der Waals surface area contributed by atoms with E-state index in [1.165, 1.54) is 18.4 Å². The third-order valence-corrected chi connectivity index (χ3v) is 6.17. The Morgan fingerprint density at radius 3 is 2.79 bits per heavy atom. The first-order valence-electron chi connectivity index (χ1n) is 8.07. The van der Waals surface area contributed by atoms with Crippen LogP contribution in [0.3, 0.4) is 0 Å². The second kappa shape index (κ2) is 7.83. The van der Waals surface area contributed by atoms with Crippen molar-refractivity contribution in [3.8, 4) is 17.0 Å². The molecule has 0 aliphatic carbocycles. The van der Waals surface area contributed by atoms with Gasteiger partial charge in [0.1, 0.15) is 11.6 Å². The van der Waals surface area contributed by atoms with Crippen LogP contribution >= 0.6 is 22.9 Å². The lowest BCUT2D eigenvalue weighted by Crippen LogP contribution is -2.04. The molecule has 0 saturated heterocycles. The number of fused-ring (bicyclic) bond motifs is 1. The maximum absolute atomic E-state index is 14.5. The smallest absolute Gasteiger partial charge is 0.194 e. The van der Waals surface area contributed by atoms with Gasteiger partial charge in [-0.3, -0.25) is 9.71 Å². The second-order valence-electron chi connectivity index (χ2n) is 5.71. The molecule has 0 saturated carbocycles. The molecule has 0 radical (unpaired) electrons. The summed E-state index contributed by atoms with van der Waals surface area (Å²) in [5.41, 5.74) is 1.24. The highest BCUT2D eigenvalue weighted by atomic mass is 35.5. The number of rotatable bonds is 5. The van der Waals surface area contributed by atoms with Crippen LogP contribution in [0.25, 0.3) is 22.0 Å². The van der Waals surface area contributed by atoms with Gasteiger partial charge in [-0.05, 0) is 30.3 Å². The molecule has 142 valence electrons. The van der Waals surface area contributed by atoms with Crippen LogP contribution in [0, 0.1) is 5.82 Å². The Bertz CT molecular complexity index is 1190. The Balaban J connectivity index is 1.81. The summed E-state index contributed by atoms with van der Waals surface area (Å²) in [5, 5.41) is 3.72. The summed E-state index contributed by atoms with van der Waals surface area (Å²) in [7, 11) is -0.0344. The van der Waals surface area contributed by atoms with Crippen molar-refractivity contribution >= 4 is 49.8 Å². The third-order valence-electron chi connectivity index (χ3n) is 4.06. The molecule has 5 nitrogen and oxygen atoms in total. The van der Waals surface area contributed by atoms with E-state index in [0.717, 1.165) is 6.20 Å². The minimum absolute atomic E-state index is 0.314. The molecule has 0 amide bonds. The molecule has 2 heterocycles. The number of ether oxygens (including phenoxy) is 1. The minimum atomic E-state index is -1.57. The van der Waals surface area contributed by atoms with Gasteiger partial charge in [0, 0.05) is 32.9 Å². The first-order valence-corrected chi connectivity index (χ1v) is 10.5. The van der Waals surface area contributed by atoms with Gasteiger partial charge in [0.15, 0.2) is 16.1 Å². The lowest BCUT2D eigenvalue weighted by atomic mass is 10.0. The van der Waals surface area contributed by atoms with Crippen molar-refractivity contribution in [3.05, 3.63) is 65.0 Å². The Kier molecular flexibility index (Phi) is 5.25. The van der Waals surface area contributed by atoms with E-state index in [-0.39, 0.29) is 0 Å². The molecule has 0 aliphatic heterocycles. The van der Waals surface area contributed by atoms with Crippen molar-refractivity contribution in [1.82, 2.24) is 9.97 Å². The highest BCUT2D eigenvalue weighted by Crippen LogP contribution is 2.36. The Hall–Kier alpha value is -2.55. The molecule has 2 aromatic heterocycles. The van der Waals surface area contributed by atoms with Crippen LogP contribution < -0.4 is 9.46 Å². The van der Waals surface area contributed by atoms with Crippen LogP contribution in [0.4, 0.5) is 9.52 Å². The average molecular weight is 434 g/mol. The predicted molar refractivity (Wildman–Crippen MR) is 111 cm³/mol. The molecule has 0 bridgehead atoms. The van der Waals surface area contributed by atoms with Crippen LogP contribution in [-0.2, 0) is 11.0 Å². The van der Waals surface area contributed by atoms with Crippen molar-refractivity contribution < 1.29 is 13.3 Å². The normalized spacial score (nSPS) is 12.1. The molecule has 9 heteroatoms. The van der Waals surface area contributed by atoms with E-state index in [2.05, 4.69) is 14.7 Å². The summed E-state index contributed by atoms with van der Waals surface area (Å²) in [6.07, 6.45) is 2.76. The second-order valence-corrected chi connectivity index (χ2v) is 8.26. The molecule has 0 fully saturated rings. The summed E-state index contributed by atoms with van der Waals surface area (Å²) in [5.74, 6) is 0.0331. The molecule has 2 aromatic carbocycles. The molecule has 4 aromatic rings. The molecule has 0 aliphatic rings. The van der Waals surface area contributed by atoms with Gasteiger partial charge in [0.25, 0.3) is 0 Å². The highest BCUT2D eigenvalue weighted by Gasteiger charge is 2.16. The number of anilines is 1. The number of pyridine rings is 1. The van der Waals surface area contributed by atoms with Crippen LogP contribution in [0.2, 0.25) is 5.02 Å². The summed E-state index contributed by atoms with van der Waals surface area (Å²) >= 11 is 7.37. The maximum atomic E-state index is 14.5. The maximum Gasteiger partial charge on any atom is 0.194 e. The fraction of sp³-hybridized carbons (Fsp3) is 0.0526. The van der Waals surface area contributed by atoms with Crippen LogP contribution in [0.15, 0.2) is 59.1 Å². The van der Waals surface area contributed by atoms with Gasteiger partial charge in [-0.15, -0.1) is 11.3 Å². The summed E-state index contributed by atoms with van der Waals surface area (Å²) in [4.78, 5) is 8.73. The van der Waals surface area contributed by atoms with Crippen molar-refractivity contribution in [3.63, 3.8) is 0 Å². The van der Waals surface area contributed by atoms with Gasteiger partial charge in [-0.1, -0.05) is 17.7 Å². The third kappa shape index (κ3) is 3.58. The Morgan fingerprint density at radius 2 is 2.04 bits per heavy atom. The standard InChI is InChI=1S/C19H13ClFN3O2S2/c1-26-17-8-11(20)2-4-14(17)18-13-5-3-12(9-15(13)16(21)10-23-18)28(25)24-19-22-6-7-27-19/h2-10H,1H3,(H,22,24). The van der Waals surface area contributed by atoms with Crippen LogP contribution in [0.5, 0.6) is 5.75 Å². The van der Waals surface area contributed by atoms with E-state index in [4.69, 9.17) is 16.3 Å². The molecule has 1 N–H and O–H groups in total. The quantitative estimate of drug-likeness (QED) is 0.464. The lowest BCUT2D eigenvalue weighted by Gasteiger charge is -2.12. The first-order chi connectivity index (χ1) is 13.6. The molecular weight excluding hydrogens is 421 g/mol. The van der Waals surface area contributed by atoms with E-state index < -0.39 is 16.8 Å². The molecule has 1 unspecified atom stereocenters. The summed E-state index contributed by atoms with van der Waals surface area (Å²) in [6, 6.07) is 10.1. The Labute approximate surface area is 171 Å². The van der Waals surface area contributed by atoms with E-state index in [1.54, 1.807) is 48.0 Å². The molecule has 0 spiro atoms. The number of aromatic nitrogens is 2. The van der Waals surface area contributed by atoms with Crippen LogP contribution in [0.1, 0.15) is 0 Å². The first kappa shape index (κ1) is 18.8. The van der Waals surface area contributed by atoms with E-state index in [0.29, 0.717) is 42.8 Å². The predicted octanol–water partition coefficient (Wildman–Crippen LogP) is 5.29. The number of hydrogen-bond donors (Lipinski definition) is 1. The zero-order chi connectivity index (χ0) is 19.7. The number of methoxy groups -OCH3 is 1. The van der Waals surface area contributed by atoms with Gasteiger partial charge >= 0.3 is 0 Å².